The van der Waals surface area contributed by atoms with Crippen molar-refractivity contribution in [2.45, 2.75) is 67.2 Å². The summed E-state index contributed by atoms with van der Waals surface area (Å²) in [6.45, 7) is 14.2. The van der Waals surface area contributed by atoms with Crippen molar-refractivity contribution < 1.29 is 0 Å². The summed E-state index contributed by atoms with van der Waals surface area (Å²) in [5, 5.41) is 0. The van der Waals surface area contributed by atoms with E-state index in [4.69, 9.17) is 0 Å². The zero-order chi connectivity index (χ0) is 10.5. The Morgan fingerprint density at radius 1 is 1.00 bits per heavy atom. The van der Waals surface area contributed by atoms with Gasteiger partial charge in [-0.1, -0.05) is 60.8 Å². The molecule has 0 N–H and O–H groups in total. The predicted octanol–water partition coefficient (Wildman–Crippen LogP) is 4.89. The van der Waals surface area contributed by atoms with E-state index in [9.17, 15) is 0 Å². The molecule has 0 heterocycles. The summed E-state index contributed by atoms with van der Waals surface area (Å²) in [5.41, 5.74) is 0.540. The summed E-state index contributed by atoms with van der Waals surface area (Å²) in [6.07, 6.45) is 5.39. The minimum atomic E-state index is 0.540. The Morgan fingerprint density at radius 2 is 1.54 bits per heavy atom. The lowest BCUT2D eigenvalue weighted by atomic mass is 9.71. The molecule has 2 unspecified atom stereocenters. The molecule has 0 nitrogen and oxygen atoms in total. The highest BCUT2D eigenvalue weighted by atomic mass is 14.3. The fourth-order valence-corrected chi connectivity index (χ4v) is 1.98. The summed E-state index contributed by atoms with van der Waals surface area (Å²) in [6, 6.07) is 0. The molecule has 0 heteroatoms. The van der Waals surface area contributed by atoms with E-state index in [1.54, 1.807) is 0 Å². The van der Waals surface area contributed by atoms with Crippen molar-refractivity contribution in [1.82, 2.24) is 0 Å². The number of hydrogen-bond donors (Lipinski definition) is 0. The molecule has 0 aromatic rings. The van der Waals surface area contributed by atoms with E-state index in [-0.39, 0.29) is 0 Å². The maximum Gasteiger partial charge on any atom is -0.0329 e. The molecule has 0 aliphatic rings. The van der Waals surface area contributed by atoms with Crippen molar-refractivity contribution in [3.8, 4) is 0 Å². The Bertz CT molecular complexity index is 124. The zero-order valence-electron chi connectivity index (χ0n) is 10.5. The van der Waals surface area contributed by atoms with Gasteiger partial charge in [-0.25, -0.2) is 0 Å². The largest absolute Gasteiger partial charge is 0.0651 e. The zero-order valence-corrected chi connectivity index (χ0v) is 10.5. The Labute approximate surface area is 85.1 Å². The van der Waals surface area contributed by atoms with Crippen LogP contribution in [0, 0.1) is 17.3 Å². The Morgan fingerprint density at radius 3 is 1.85 bits per heavy atom. The summed E-state index contributed by atoms with van der Waals surface area (Å²) in [7, 11) is 0. The summed E-state index contributed by atoms with van der Waals surface area (Å²) in [4.78, 5) is 0. The van der Waals surface area contributed by atoms with Crippen molar-refractivity contribution in [1.29, 1.82) is 0 Å². The van der Waals surface area contributed by atoms with Crippen LogP contribution in [-0.2, 0) is 0 Å². The van der Waals surface area contributed by atoms with Crippen LogP contribution in [0.3, 0.4) is 0 Å². The molecule has 0 aromatic heterocycles. The highest BCUT2D eigenvalue weighted by Gasteiger charge is 2.26. The molecule has 0 radical (unpaired) electrons. The van der Waals surface area contributed by atoms with E-state index < -0.39 is 0 Å². The second-order valence-corrected chi connectivity index (χ2v) is 5.20. The highest BCUT2D eigenvalue weighted by molar-refractivity contribution is 4.77. The maximum atomic E-state index is 2.42. The first-order valence-corrected chi connectivity index (χ1v) is 5.97. The number of rotatable bonds is 6. The molecular weight excluding hydrogens is 156 g/mol. The molecule has 13 heavy (non-hydrogen) atoms. The Balaban J connectivity index is 4.17. The van der Waals surface area contributed by atoms with Gasteiger partial charge in [0.1, 0.15) is 0 Å². The van der Waals surface area contributed by atoms with Gasteiger partial charge in [-0.3, -0.25) is 0 Å². The first-order chi connectivity index (χ1) is 5.97. The van der Waals surface area contributed by atoms with Crippen LogP contribution >= 0.6 is 0 Å². The van der Waals surface area contributed by atoms with Crippen LogP contribution in [0.5, 0.6) is 0 Å². The van der Waals surface area contributed by atoms with Crippen molar-refractivity contribution in [3.63, 3.8) is 0 Å². The first-order valence-electron chi connectivity index (χ1n) is 5.97. The first kappa shape index (κ1) is 13.0. The molecule has 0 saturated carbocycles. The maximum absolute atomic E-state index is 2.42. The van der Waals surface area contributed by atoms with Gasteiger partial charge in [-0.2, -0.15) is 0 Å². The molecule has 0 aliphatic carbocycles. The van der Waals surface area contributed by atoms with E-state index in [0.717, 1.165) is 11.8 Å². The average molecular weight is 184 g/mol. The van der Waals surface area contributed by atoms with Crippen LogP contribution in [-0.4, -0.2) is 0 Å². The molecule has 0 aromatic carbocycles. The van der Waals surface area contributed by atoms with E-state index >= 15 is 0 Å². The van der Waals surface area contributed by atoms with E-state index in [2.05, 4.69) is 41.5 Å². The lowest BCUT2D eigenvalue weighted by Gasteiger charge is -2.34. The Kier molecular flexibility index (Phi) is 5.67. The number of hydrogen-bond acceptors (Lipinski definition) is 0. The van der Waals surface area contributed by atoms with E-state index in [1.807, 2.05) is 0 Å². The van der Waals surface area contributed by atoms with Crippen molar-refractivity contribution in [3.05, 3.63) is 0 Å². The fourth-order valence-electron chi connectivity index (χ4n) is 1.98. The standard InChI is InChI=1S/C13H28/c1-7-11(4)10-12(8-2)13(5,6)9-3/h11-12H,7-10H2,1-6H3. The third-order valence-electron chi connectivity index (χ3n) is 3.89. The molecule has 0 spiro atoms. The van der Waals surface area contributed by atoms with Crippen LogP contribution in [0.2, 0.25) is 0 Å². The average Bonchev–Trinajstić information content (AvgIpc) is 2.13. The van der Waals surface area contributed by atoms with Crippen molar-refractivity contribution >= 4 is 0 Å². The second-order valence-electron chi connectivity index (χ2n) is 5.20. The molecule has 0 fully saturated rings. The van der Waals surface area contributed by atoms with Gasteiger partial charge < -0.3 is 0 Å². The lowest BCUT2D eigenvalue weighted by Crippen LogP contribution is -2.24. The van der Waals surface area contributed by atoms with Gasteiger partial charge in [0.05, 0.1) is 0 Å². The van der Waals surface area contributed by atoms with Crippen LogP contribution in [0.15, 0.2) is 0 Å². The fraction of sp³-hybridized carbons (Fsp3) is 1.00. The van der Waals surface area contributed by atoms with Gasteiger partial charge in [0.15, 0.2) is 0 Å². The Hall–Kier alpha value is 0. The topological polar surface area (TPSA) is 0 Å². The van der Waals surface area contributed by atoms with Crippen molar-refractivity contribution in [2.75, 3.05) is 0 Å². The predicted molar refractivity (Wildman–Crippen MR) is 61.9 cm³/mol. The monoisotopic (exact) mass is 184 g/mol. The van der Waals surface area contributed by atoms with Crippen molar-refractivity contribution in [2.24, 2.45) is 17.3 Å². The quantitative estimate of drug-likeness (QED) is 0.551. The normalized spacial score (nSPS) is 17.1. The van der Waals surface area contributed by atoms with Crippen LogP contribution in [0.25, 0.3) is 0 Å². The smallest absolute Gasteiger partial charge is 0.0329 e. The van der Waals surface area contributed by atoms with Crippen LogP contribution in [0.1, 0.15) is 67.2 Å². The van der Waals surface area contributed by atoms with Gasteiger partial charge in [0.2, 0.25) is 0 Å². The minimum Gasteiger partial charge on any atom is -0.0651 e. The van der Waals surface area contributed by atoms with Gasteiger partial charge in [-0.15, -0.1) is 0 Å². The highest BCUT2D eigenvalue weighted by Crippen LogP contribution is 2.37. The summed E-state index contributed by atoms with van der Waals surface area (Å²) in [5.74, 6) is 1.81. The van der Waals surface area contributed by atoms with Gasteiger partial charge in [0, 0.05) is 0 Å². The van der Waals surface area contributed by atoms with E-state index in [0.29, 0.717) is 5.41 Å². The SMILES string of the molecule is CCC(C)CC(CC)C(C)(C)CC. The second kappa shape index (κ2) is 5.67. The summed E-state index contributed by atoms with van der Waals surface area (Å²) < 4.78 is 0. The third kappa shape index (κ3) is 4.15. The molecule has 0 bridgehead atoms. The van der Waals surface area contributed by atoms with Gasteiger partial charge >= 0.3 is 0 Å². The third-order valence-corrected chi connectivity index (χ3v) is 3.89. The van der Waals surface area contributed by atoms with Gasteiger partial charge in [0.25, 0.3) is 0 Å². The molecule has 0 saturated heterocycles. The molecule has 0 aliphatic heterocycles. The molecule has 0 amide bonds. The molecule has 2 atom stereocenters. The van der Waals surface area contributed by atoms with Gasteiger partial charge in [-0.05, 0) is 23.7 Å². The molecular formula is C13H28. The van der Waals surface area contributed by atoms with Crippen LogP contribution < -0.4 is 0 Å². The van der Waals surface area contributed by atoms with Crippen LogP contribution in [0.4, 0.5) is 0 Å². The molecule has 80 valence electrons. The minimum absolute atomic E-state index is 0.540. The summed E-state index contributed by atoms with van der Waals surface area (Å²) >= 11 is 0. The molecule has 0 rings (SSSR count). The lowest BCUT2D eigenvalue weighted by molar-refractivity contribution is 0.163. The van der Waals surface area contributed by atoms with E-state index in [1.165, 1.54) is 25.7 Å².